The van der Waals surface area contributed by atoms with Gasteiger partial charge in [-0.05, 0) is 23.6 Å². The molecule has 1 aromatic carbocycles. The molecule has 0 aliphatic carbocycles. The molecule has 0 aliphatic rings. The van der Waals surface area contributed by atoms with Crippen molar-refractivity contribution in [1.29, 1.82) is 5.26 Å². The van der Waals surface area contributed by atoms with Crippen molar-refractivity contribution in [3.8, 4) is 11.8 Å². The number of benzene rings is 1. The third-order valence-electron chi connectivity index (χ3n) is 2.07. The molecule has 5 heteroatoms. The summed E-state index contributed by atoms with van der Waals surface area (Å²) < 4.78 is 31.9. The molecule has 2 nitrogen and oxygen atoms in total. The zero-order valence-corrected chi connectivity index (χ0v) is 9.43. The van der Waals surface area contributed by atoms with Gasteiger partial charge in [-0.25, -0.2) is 8.78 Å². The standard InChI is InChI=1S/C12H7F2NOS/c13-10-4-8(6-15)5-11(14)12(10)16-7-9-2-1-3-17-9/h1-5H,7H2. The maximum Gasteiger partial charge on any atom is 0.191 e. The van der Waals surface area contributed by atoms with Crippen LogP contribution in [0.1, 0.15) is 10.4 Å². The molecule has 86 valence electrons. The van der Waals surface area contributed by atoms with Crippen LogP contribution in [0.2, 0.25) is 0 Å². The van der Waals surface area contributed by atoms with Gasteiger partial charge in [0.25, 0.3) is 0 Å². The highest BCUT2D eigenvalue weighted by atomic mass is 32.1. The Hall–Kier alpha value is -1.93. The summed E-state index contributed by atoms with van der Waals surface area (Å²) in [5, 5.41) is 10.4. The fourth-order valence-electron chi connectivity index (χ4n) is 1.30. The second kappa shape index (κ2) is 4.93. The first-order valence-electron chi connectivity index (χ1n) is 4.75. The molecule has 1 aromatic heterocycles. The molecule has 0 spiro atoms. The lowest BCUT2D eigenvalue weighted by Gasteiger charge is -2.07. The molecular formula is C12H7F2NOS. The monoisotopic (exact) mass is 251 g/mol. The van der Waals surface area contributed by atoms with E-state index < -0.39 is 17.4 Å². The highest BCUT2D eigenvalue weighted by Crippen LogP contribution is 2.24. The topological polar surface area (TPSA) is 33.0 Å². The third kappa shape index (κ3) is 2.60. The smallest absolute Gasteiger partial charge is 0.191 e. The van der Waals surface area contributed by atoms with E-state index in [9.17, 15) is 8.78 Å². The molecule has 0 unspecified atom stereocenters. The largest absolute Gasteiger partial charge is 0.482 e. The van der Waals surface area contributed by atoms with Crippen LogP contribution < -0.4 is 4.74 Å². The van der Waals surface area contributed by atoms with Gasteiger partial charge in [-0.2, -0.15) is 5.26 Å². The van der Waals surface area contributed by atoms with Crippen LogP contribution in [-0.2, 0) is 6.61 Å². The minimum absolute atomic E-state index is 0.0662. The van der Waals surface area contributed by atoms with Crippen LogP contribution in [0.25, 0.3) is 0 Å². The molecule has 2 rings (SSSR count). The van der Waals surface area contributed by atoms with E-state index in [1.54, 1.807) is 6.07 Å². The minimum Gasteiger partial charge on any atom is -0.482 e. The number of ether oxygens (including phenoxy) is 1. The molecule has 0 N–H and O–H groups in total. The first kappa shape index (κ1) is 11.6. The van der Waals surface area contributed by atoms with Crippen LogP contribution in [0.5, 0.6) is 5.75 Å². The first-order chi connectivity index (χ1) is 8.20. The van der Waals surface area contributed by atoms with Gasteiger partial charge in [0.15, 0.2) is 17.4 Å². The summed E-state index contributed by atoms with van der Waals surface area (Å²) in [6, 6.07) is 7.21. The Morgan fingerprint density at radius 2 is 2.00 bits per heavy atom. The van der Waals surface area contributed by atoms with Crippen LogP contribution in [-0.4, -0.2) is 0 Å². The number of nitriles is 1. The summed E-state index contributed by atoms with van der Waals surface area (Å²) in [6.45, 7) is 0.109. The van der Waals surface area contributed by atoms with E-state index in [1.165, 1.54) is 11.3 Å². The van der Waals surface area contributed by atoms with Crippen molar-refractivity contribution in [2.75, 3.05) is 0 Å². The predicted molar refractivity (Wildman–Crippen MR) is 59.7 cm³/mol. The Kier molecular flexibility index (Phi) is 3.35. The maximum absolute atomic E-state index is 13.4. The Morgan fingerprint density at radius 1 is 1.29 bits per heavy atom. The van der Waals surface area contributed by atoms with Crippen molar-refractivity contribution >= 4 is 11.3 Å². The number of rotatable bonds is 3. The van der Waals surface area contributed by atoms with Gasteiger partial charge in [-0.15, -0.1) is 11.3 Å². The second-order valence-corrected chi connectivity index (χ2v) is 4.28. The molecule has 0 bridgehead atoms. The maximum atomic E-state index is 13.4. The van der Waals surface area contributed by atoms with Crippen molar-refractivity contribution in [3.05, 3.63) is 51.7 Å². The van der Waals surface area contributed by atoms with Gasteiger partial charge in [0.1, 0.15) is 6.61 Å². The van der Waals surface area contributed by atoms with Crippen LogP contribution in [0.4, 0.5) is 8.78 Å². The molecule has 0 saturated carbocycles. The van der Waals surface area contributed by atoms with Gasteiger partial charge < -0.3 is 4.74 Å². The quantitative estimate of drug-likeness (QED) is 0.836. The van der Waals surface area contributed by atoms with Crippen molar-refractivity contribution in [2.24, 2.45) is 0 Å². The number of hydrogen-bond donors (Lipinski definition) is 0. The van der Waals surface area contributed by atoms with Gasteiger partial charge >= 0.3 is 0 Å². The summed E-state index contributed by atoms with van der Waals surface area (Å²) >= 11 is 1.44. The summed E-state index contributed by atoms with van der Waals surface area (Å²) in [5.41, 5.74) is -0.0662. The lowest BCUT2D eigenvalue weighted by Crippen LogP contribution is -1.99. The summed E-state index contributed by atoms with van der Waals surface area (Å²) in [6.07, 6.45) is 0. The zero-order valence-electron chi connectivity index (χ0n) is 8.61. The van der Waals surface area contributed by atoms with E-state index in [-0.39, 0.29) is 12.2 Å². The molecular weight excluding hydrogens is 244 g/mol. The fourth-order valence-corrected chi connectivity index (χ4v) is 1.92. The number of thiophene rings is 1. The van der Waals surface area contributed by atoms with E-state index in [0.717, 1.165) is 17.0 Å². The van der Waals surface area contributed by atoms with E-state index in [2.05, 4.69) is 0 Å². The Labute approximate surface area is 101 Å². The molecule has 1 heterocycles. The molecule has 0 saturated heterocycles. The van der Waals surface area contributed by atoms with Gasteiger partial charge in [-0.1, -0.05) is 6.07 Å². The predicted octanol–water partition coefficient (Wildman–Crippen LogP) is 3.48. The number of halogens is 2. The number of nitrogens with zero attached hydrogens (tertiary/aromatic N) is 1. The SMILES string of the molecule is N#Cc1cc(F)c(OCc2cccs2)c(F)c1. The van der Waals surface area contributed by atoms with Gasteiger partial charge in [0.05, 0.1) is 11.6 Å². The molecule has 17 heavy (non-hydrogen) atoms. The molecule has 2 aromatic rings. The molecule has 0 radical (unpaired) electrons. The minimum atomic E-state index is -0.863. The highest BCUT2D eigenvalue weighted by molar-refractivity contribution is 7.09. The van der Waals surface area contributed by atoms with E-state index in [4.69, 9.17) is 10.00 Å². The fraction of sp³-hybridized carbons (Fsp3) is 0.0833. The normalized spacial score (nSPS) is 9.94. The van der Waals surface area contributed by atoms with Crippen molar-refractivity contribution in [3.63, 3.8) is 0 Å². The Bertz CT molecular complexity index is 537. The van der Waals surface area contributed by atoms with E-state index in [0.29, 0.717) is 0 Å². The van der Waals surface area contributed by atoms with Crippen LogP contribution in [0.15, 0.2) is 29.6 Å². The summed E-state index contributed by atoms with van der Waals surface area (Å²) in [4.78, 5) is 0.869. The summed E-state index contributed by atoms with van der Waals surface area (Å²) in [7, 11) is 0. The third-order valence-corrected chi connectivity index (χ3v) is 2.92. The van der Waals surface area contributed by atoms with Crippen molar-refractivity contribution < 1.29 is 13.5 Å². The summed E-state index contributed by atoms with van der Waals surface area (Å²) in [5.74, 6) is -2.17. The van der Waals surface area contributed by atoms with Crippen LogP contribution >= 0.6 is 11.3 Å². The first-order valence-corrected chi connectivity index (χ1v) is 5.63. The Morgan fingerprint density at radius 3 is 2.53 bits per heavy atom. The van der Waals surface area contributed by atoms with Crippen LogP contribution in [0, 0.1) is 23.0 Å². The molecule has 0 amide bonds. The van der Waals surface area contributed by atoms with Crippen molar-refractivity contribution in [1.82, 2.24) is 0 Å². The highest BCUT2D eigenvalue weighted by Gasteiger charge is 2.12. The van der Waals surface area contributed by atoms with Crippen molar-refractivity contribution in [2.45, 2.75) is 6.61 Å². The zero-order chi connectivity index (χ0) is 12.3. The molecule has 0 atom stereocenters. The molecule has 0 fully saturated rings. The molecule has 0 aliphatic heterocycles. The van der Waals surface area contributed by atoms with E-state index >= 15 is 0 Å². The lowest BCUT2D eigenvalue weighted by molar-refractivity contribution is 0.277. The van der Waals surface area contributed by atoms with Gasteiger partial charge in [0.2, 0.25) is 0 Å². The average molecular weight is 251 g/mol. The average Bonchev–Trinajstić information content (AvgIpc) is 2.80. The van der Waals surface area contributed by atoms with E-state index in [1.807, 2.05) is 17.5 Å². The second-order valence-electron chi connectivity index (χ2n) is 3.25. The van der Waals surface area contributed by atoms with Gasteiger partial charge in [0, 0.05) is 4.88 Å². The Balaban J connectivity index is 2.19. The number of hydrogen-bond acceptors (Lipinski definition) is 3. The van der Waals surface area contributed by atoms with Crippen LogP contribution in [0.3, 0.4) is 0 Å². The lowest BCUT2D eigenvalue weighted by atomic mass is 10.2. The van der Waals surface area contributed by atoms with Gasteiger partial charge in [-0.3, -0.25) is 0 Å².